The number of thioether (sulfide) groups is 1. The maximum Gasteiger partial charge on any atom is 0.316 e. The van der Waals surface area contributed by atoms with Crippen LogP contribution in [0.25, 0.3) is 0 Å². The van der Waals surface area contributed by atoms with E-state index in [9.17, 15) is 14.7 Å². The van der Waals surface area contributed by atoms with Crippen molar-refractivity contribution in [3.63, 3.8) is 0 Å². The molecule has 1 saturated heterocycles. The first-order valence-corrected chi connectivity index (χ1v) is 16.6. The molecule has 3 unspecified atom stereocenters. The van der Waals surface area contributed by atoms with Crippen LogP contribution in [0.3, 0.4) is 0 Å². The number of carbonyl (C=O) groups is 2. The van der Waals surface area contributed by atoms with E-state index < -0.39 is 23.0 Å². The second-order valence-electron chi connectivity index (χ2n) is 14.0. The first-order valence-electron chi connectivity index (χ1n) is 15.5. The molecule has 0 spiro atoms. The Morgan fingerprint density at radius 1 is 1.21 bits per heavy atom. The lowest BCUT2D eigenvalue weighted by Gasteiger charge is -2.61. The number of carbonyl (C=O) groups excluding carboxylic acids is 2. The van der Waals surface area contributed by atoms with E-state index in [1.807, 2.05) is 6.08 Å². The number of ketones is 1. The van der Waals surface area contributed by atoms with E-state index in [0.717, 1.165) is 58.4 Å². The molecule has 0 amide bonds. The molecule has 7 heteroatoms. The zero-order valence-electron chi connectivity index (χ0n) is 24.7. The summed E-state index contributed by atoms with van der Waals surface area (Å²) in [4.78, 5) is 29.7. The van der Waals surface area contributed by atoms with E-state index in [0.29, 0.717) is 35.7 Å². The molecule has 10 atom stereocenters. The Labute approximate surface area is 240 Å². The van der Waals surface area contributed by atoms with Gasteiger partial charge in [-0.1, -0.05) is 40.2 Å². The summed E-state index contributed by atoms with van der Waals surface area (Å²) in [5, 5.41) is 12.2. The molecule has 1 heterocycles. The van der Waals surface area contributed by atoms with Gasteiger partial charge in [-0.2, -0.15) is 0 Å². The summed E-state index contributed by atoms with van der Waals surface area (Å²) in [6, 6.07) is 0.585. The van der Waals surface area contributed by atoms with Crippen LogP contribution in [0.1, 0.15) is 85.5 Å². The van der Waals surface area contributed by atoms with Gasteiger partial charge in [0.1, 0.15) is 11.9 Å². The van der Waals surface area contributed by atoms with Crippen molar-refractivity contribution in [2.24, 2.45) is 34.0 Å². The van der Waals surface area contributed by atoms with E-state index in [1.165, 1.54) is 12.8 Å². The molecule has 4 aliphatic carbocycles. The van der Waals surface area contributed by atoms with Gasteiger partial charge in [0.15, 0.2) is 0 Å². The predicted octanol–water partition coefficient (Wildman–Crippen LogP) is 5.27. The van der Waals surface area contributed by atoms with E-state index in [1.54, 1.807) is 11.8 Å². The normalized spacial score (nSPS) is 47.1. The molecule has 5 aliphatic rings. The first-order chi connectivity index (χ1) is 18.5. The largest absolute Gasteiger partial charge is 0.461 e. The lowest BCUT2D eigenvalue weighted by Crippen LogP contribution is -2.63. The Kier molecular flexibility index (Phi) is 8.66. The van der Waals surface area contributed by atoms with Crippen LogP contribution in [-0.4, -0.2) is 77.3 Å². The van der Waals surface area contributed by atoms with Gasteiger partial charge in [-0.25, -0.2) is 0 Å². The van der Waals surface area contributed by atoms with Crippen LogP contribution in [0.2, 0.25) is 0 Å². The summed E-state index contributed by atoms with van der Waals surface area (Å²) in [6.45, 7) is 16.4. The number of hydrogen-bond acceptors (Lipinski definition) is 7. The van der Waals surface area contributed by atoms with Crippen LogP contribution in [0.5, 0.6) is 0 Å². The van der Waals surface area contributed by atoms with Gasteiger partial charge in [0.25, 0.3) is 0 Å². The number of morpholine rings is 1. The van der Waals surface area contributed by atoms with E-state index in [2.05, 4.69) is 39.2 Å². The Morgan fingerprint density at radius 3 is 2.67 bits per heavy atom. The smallest absolute Gasteiger partial charge is 0.316 e. The van der Waals surface area contributed by atoms with Gasteiger partial charge >= 0.3 is 5.97 Å². The number of aliphatic hydroxyl groups is 1. The molecule has 5 rings (SSSR count). The average molecular weight is 562 g/mol. The molecule has 0 radical (unpaired) electrons. The number of ether oxygens (including phenoxy) is 2. The quantitative estimate of drug-likeness (QED) is 0.350. The molecular weight excluding hydrogens is 510 g/mol. The summed E-state index contributed by atoms with van der Waals surface area (Å²) >= 11 is 1.75. The standard InChI is InChI=1S/C32H51NO5S/c1-6-30(4)19-26(31(5)21(2)10-12-32(22(3)29(30)36)13-11-25(34)28(31)32)38-27(35)20-39-24-9-7-8-23(18-24)33-14-16-37-17-15-33/h6,21-24,26,28-29,36H,1,7-20H2,2-5H3/t21-,22+,23?,24?,26-,28+,29+,30-,31+,32?/m1/s1. The minimum absolute atomic E-state index is 0.0123. The summed E-state index contributed by atoms with van der Waals surface area (Å²) in [5.41, 5.74) is -1.27. The SMILES string of the molecule is C=C[C@]1(C)C[C@@H](OC(=O)CSC2CCCC(N3CCOCC3)C2)[C@]2(C)[C@H](C)CCC3(CCC(=O)[C@H]32)[C@@H](C)[C@@H]1O. The second-order valence-corrected chi connectivity index (χ2v) is 15.3. The van der Waals surface area contributed by atoms with Gasteiger partial charge < -0.3 is 14.6 Å². The Balaban J connectivity index is 1.33. The molecule has 0 aromatic rings. The fraction of sp³-hybridized carbons (Fsp3) is 0.875. The van der Waals surface area contributed by atoms with E-state index >= 15 is 0 Å². The first kappa shape index (κ1) is 29.6. The number of Topliss-reactive ketones (excluding diaryl/α,β-unsaturated/α-hetero) is 1. The van der Waals surface area contributed by atoms with Crippen LogP contribution in [0.4, 0.5) is 0 Å². The van der Waals surface area contributed by atoms with Crippen LogP contribution < -0.4 is 0 Å². The maximum absolute atomic E-state index is 13.6. The Morgan fingerprint density at radius 2 is 1.95 bits per heavy atom. The summed E-state index contributed by atoms with van der Waals surface area (Å²) in [7, 11) is 0. The summed E-state index contributed by atoms with van der Waals surface area (Å²) < 4.78 is 12.0. The fourth-order valence-electron chi connectivity index (χ4n) is 9.43. The summed E-state index contributed by atoms with van der Waals surface area (Å²) in [6.07, 6.45) is 9.36. The average Bonchev–Trinajstić information content (AvgIpc) is 3.31. The fourth-order valence-corrected chi connectivity index (χ4v) is 10.6. The molecular formula is C32H51NO5S. The third kappa shape index (κ3) is 5.17. The van der Waals surface area contributed by atoms with Crippen LogP contribution >= 0.6 is 11.8 Å². The molecule has 5 fully saturated rings. The van der Waals surface area contributed by atoms with Crippen molar-refractivity contribution < 1.29 is 24.2 Å². The van der Waals surface area contributed by atoms with Crippen molar-refractivity contribution in [3.8, 4) is 0 Å². The van der Waals surface area contributed by atoms with Gasteiger partial charge in [-0.05, 0) is 62.2 Å². The van der Waals surface area contributed by atoms with Crippen LogP contribution in [0, 0.1) is 34.0 Å². The third-order valence-corrected chi connectivity index (χ3v) is 13.5. The zero-order valence-corrected chi connectivity index (χ0v) is 25.5. The molecule has 1 aliphatic heterocycles. The van der Waals surface area contributed by atoms with Crippen LogP contribution in [-0.2, 0) is 19.1 Å². The number of aliphatic hydroxyl groups excluding tert-OH is 1. The minimum Gasteiger partial charge on any atom is -0.461 e. The number of rotatable bonds is 6. The van der Waals surface area contributed by atoms with Gasteiger partial charge in [0.05, 0.1) is 25.1 Å². The summed E-state index contributed by atoms with van der Waals surface area (Å²) in [5.74, 6) is 0.537. The second kappa shape index (κ2) is 11.4. The van der Waals surface area contributed by atoms with Crippen molar-refractivity contribution in [1.29, 1.82) is 0 Å². The van der Waals surface area contributed by atoms with Gasteiger partial charge in [0, 0.05) is 47.6 Å². The molecule has 2 bridgehead atoms. The molecule has 1 N–H and O–H groups in total. The van der Waals surface area contributed by atoms with E-state index in [-0.39, 0.29) is 29.1 Å². The zero-order chi connectivity index (χ0) is 28.0. The minimum atomic E-state index is -0.628. The van der Waals surface area contributed by atoms with Gasteiger partial charge in [-0.3, -0.25) is 14.5 Å². The van der Waals surface area contributed by atoms with Crippen molar-refractivity contribution in [2.45, 2.75) is 109 Å². The number of hydrogen-bond donors (Lipinski definition) is 1. The lowest BCUT2D eigenvalue weighted by atomic mass is 9.44. The highest BCUT2D eigenvalue weighted by atomic mass is 32.2. The topological polar surface area (TPSA) is 76.1 Å². The molecule has 39 heavy (non-hydrogen) atoms. The van der Waals surface area contributed by atoms with E-state index in [4.69, 9.17) is 9.47 Å². The highest BCUT2D eigenvalue weighted by Crippen LogP contribution is 2.68. The van der Waals surface area contributed by atoms with Crippen molar-refractivity contribution in [3.05, 3.63) is 12.7 Å². The highest BCUT2D eigenvalue weighted by molar-refractivity contribution is 8.00. The van der Waals surface area contributed by atoms with Crippen LogP contribution in [0.15, 0.2) is 12.7 Å². The highest BCUT2D eigenvalue weighted by Gasteiger charge is 2.68. The Bertz CT molecular complexity index is 938. The van der Waals surface area contributed by atoms with Gasteiger partial charge in [0.2, 0.25) is 0 Å². The Hall–Kier alpha value is -0.890. The van der Waals surface area contributed by atoms with Crippen molar-refractivity contribution >= 4 is 23.5 Å². The van der Waals surface area contributed by atoms with Gasteiger partial charge in [-0.15, -0.1) is 18.3 Å². The number of esters is 1. The third-order valence-electron chi connectivity index (χ3n) is 12.2. The molecule has 0 aromatic carbocycles. The predicted molar refractivity (Wildman–Crippen MR) is 156 cm³/mol. The molecule has 6 nitrogen and oxygen atoms in total. The van der Waals surface area contributed by atoms with Crippen molar-refractivity contribution in [1.82, 2.24) is 4.90 Å². The lowest BCUT2D eigenvalue weighted by molar-refractivity contribution is -0.205. The monoisotopic (exact) mass is 561 g/mol. The number of nitrogens with zero attached hydrogens (tertiary/aromatic N) is 1. The maximum atomic E-state index is 13.6. The molecule has 4 saturated carbocycles. The van der Waals surface area contributed by atoms with Crippen molar-refractivity contribution in [2.75, 3.05) is 32.1 Å². The molecule has 0 aromatic heterocycles. The molecule has 220 valence electrons.